The number of carbonyl (C=O) groups is 4. The van der Waals surface area contributed by atoms with Crippen LogP contribution in [0.2, 0.25) is 0 Å². The third kappa shape index (κ3) is 3.59. The molecule has 3 aliphatic carbocycles. The highest BCUT2D eigenvalue weighted by atomic mass is 79.9. The van der Waals surface area contributed by atoms with Gasteiger partial charge in [-0.15, -0.1) is 0 Å². The Morgan fingerprint density at radius 2 is 1.71 bits per heavy atom. The van der Waals surface area contributed by atoms with Crippen LogP contribution in [0.4, 0.5) is 5.69 Å². The van der Waals surface area contributed by atoms with Gasteiger partial charge in [-0.1, -0.05) is 39.7 Å². The van der Waals surface area contributed by atoms with Crippen molar-refractivity contribution in [2.24, 2.45) is 17.8 Å². The van der Waals surface area contributed by atoms with E-state index in [0.29, 0.717) is 28.8 Å². The van der Waals surface area contributed by atoms with E-state index in [-0.39, 0.29) is 45.8 Å². The van der Waals surface area contributed by atoms with Crippen molar-refractivity contribution in [3.8, 4) is 11.5 Å². The number of phenolic OH excluding ortho intramolecular Hbond substituents is 1. The van der Waals surface area contributed by atoms with Crippen molar-refractivity contribution in [3.05, 3.63) is 85.9 Å². The number of carbonyl (C=O) groups excluding carboxylic acids is 4. The van der Waals surface area contributed by atoms with Crippen LogP contribution in [0.1, 0.15) is 24.3 Å². The third-order valence-corrected chi connectivity index (χ3v) is 9.09. The van der Waals surface area contributed by atoms with Crippen LogP contribution in [0.25, 0.3) is 0 Å². The van der Waals surface area contributed by atoms with Crippen LogP contribution in [-0.2, 0) is 19.2 Å². The number of amides is 2. The molecule has 2 aromatic rings. The largest absolute Gasteiger partial charge is 0.504 e. The van der Waals surface area contributed by atoms with Gasteiger partial charge in [-0.2, -0.15) is 0 Å². The molecule has 0 radical (unpaired) electrons. The summed E-state index contributed by atoms with van der Waals surface area (Å²) in [6.45, 7) is 0. The van der Waals surface area contributed by atoms with E-state index in [1.165, 1.54) is 18.1 Å². The molecule has 192 valence electrons. The average Bonchev–Trinajstić information content (AvgIpc) is 3.16. The Morgan fingerprint density at radius 1 is 0.974 bits per heavy atom. The number of ketones is 2. The number of imide groups is 1. The molecule has 4 atom stereocenters. The molecule has 2 amide bonds. The van der Waals surface area contributed by atoms with Crippen LogP contribution in [0.3, 0.4) is 0 Å². The molecule has 1 saturated heterocycles. The van der Waals surface area contributed by atoms with Gasteiger partial charge in [0.1, 0.15) is 0 Å². The number of nitrogens with zero attached hydrogens (tertiary/aromatic N) is 1. The van der Waals surface area contributed by atoms with Crippen molar-refractivity contribution in [1.82, 2.24) is 0 Å². The van der Waals surface area contributed by atoms with Gasteiger partial charge in [0, 0.05) is 33.2 Å². The number of fused-ring (bicyclic) bond motifs is 3. The number of allylic oxidation sites excluding steroid dienone is 6. The first-order chi connectivity index (χ1) is 18.2. The van der Waals surface area contributed by atoms with Gasteiger partial charge in [0.15, 0.2) is 23.1 Å². The fourth-order valence-corrected chi connectivity index (χ4v) is 7.06. The maximum atomic E-state index is 13.9. The lowest BCUT2D eigenvalue weighted by Gasteiger charge is -2.42. The molecule has 38 heavy (non-hydrogen) atoms. The number of phenols is 1. The summed E-state index contributed by atoms with van der Waals surface area (Å²) < 4.78 is 6.30. The van der Waals surface area contributed by atoms with Gasteiger partial charge >= 0.3 is 0 Å². The number of hydrogen-bond donors (Lipinski definition) is 1. The Labute approximate surface area is 235 Å². The second kappa shape index (κ2) is 9.17. The Bertz CT molecular complexity index is 1540. The van der Waals surface area contributed by atoms with Crippen molar-refractivity contribution in [3.63, 3.8) is 0 Å². The summed E-state index contributed by atoms with van der Waals surface area (Å²) in [6.07, 6.45) is 3.65. The maximum Gasteiger partial charge on any atom is 0.238 e. The van der Waals surface area contributed by atoms with E-state index < -0.39 is 23.7 Å². The monoisotopic (exact) mass is 637 g/mol. The van der Waals surface area contributed by atoms with Gasteiger partial charge in [-0.05, 0) is 65.0 Å². The number of methoxy groups -OCH3 is 1. The fraction of sp³-hybridized carbons (Fsp3) is 0.241. The van der Waals surface area contributed by atoms with Gasteiger partial charge in [-0.25, -0.2) is 0 Å². The minimum absolute atomic E-state index is 0.130. The number of para-hydroxylation sites is 1. The molecule has 9 heteroatoms. The van der Waals surface area contributed by atoms with E-state index in [2.05, 4.69) is 31.9 Å². The first kappa shape index (κ1) is 25.0. The molecular formula is C29H21Br2NO6. The fourth-order valence-electron chi connectivity index (χ4n) is 6.34. The molecule has 4 aliphatic rings. The predicted molar refractivity (Wildman–Crippen MR) is 146 cm³/mol. The number of rotatable bonds is 3. The Hall–Kier alpha value is -3.30. The number of Topliss-reactive ketones (excluding diaryl/α,β-unsaturated/α-hetero) is 1. The molecule has 1 fully saturated rings. The van der Waals surface area contributed by atoms with Gasteiger partial charge in [-0.3, -0.25) is 24.1 Å². The lowest BCUT2D eigenvalue weighted by atomic mass is 9.59. The van der Waals surface area contributed by atoms with Crippen LogP contribution in [0, 0.1) is 17.8 Å². The molecule has 2 aromatic carbocycles. The molecule has 1 heterocycles. The predicted octanol–water partition coefficient (Wildman–Crippen LogP) is 5.13. The van der Waals surface area contributed by atoms with Gasteiger partial charge in [0.2, 0.25) is 11.8 Å². The first-order valence-corrected chi connectivity index (χ1v) is 13.7. The average molecular weight is 639 g/mol. The maximum absolute atomic E-state index is 13.9. The van der Waals surface area contributed by atoms with Crippen molar-refractivity contribution in [1.29, 1.82) is 0 Å². The van der Waals surface area contributed by atoms with Gasteiger partial charge in [0.25, 0.3) is 0 Å². The van der Waals surface area contributed by atoms with Crippen molar-refractivity contribution in [2.45, 2.75) is 18.8 Å². The number of ether oxygens (including phenoxy) is 1. The number of hydrogen-bond acceptors (Lipinski definition) is 6. The SMILES string of the molecule is COc1cccc(C2C3=CCC4C(=O)N(c5ccc(Br)cc5)C(=O)C4C3CC3=C2C(=O)C=C(Br)C3=O)c1O. The summed E-state index contributed by atoms with van der Waals surface area (Å²) in [5, 5.41) is 11.1. The van der Waals surface area contributed by atoms with E-state index in [0.717, 1.165) is 10.0 Å². The summed E-state index contributed by atoms with van der Waals surface area (Å²) in [5.74, 6) is -3.65. The molecule has 6 rings (SSSR count). The molecule has 4 unspecified atom stereocenters. The zero-order valence-corrected chi connectivity index (χ0v) is 23.3. The summed E-state index contributed by atoms with van der Waals surface area (Å²) in [4.78, 5) is 55.3. The number of aromatic hydroxyl groups is 1. The van der Waals surface area contributed by atoms with E-state index in [4.69, 9.17) is 4.74 Å². The minimum Gasteiger partial charge on any atom is -0.504 e. The van der Waals surface area contributed by atoms with Gasteiger partial charge < -0.3 is 9.84 Å². The molecule has 0 aromatic heterocycles. The van der Waals surface area contributed by atoms with Crippen LogP contribution < -0.4 is 9.64 Å². The number of anilines is 1. The van der Waals surface area contributed by atoms with Crippen LogP contribution in [0.15, 0.2) is 80.3 Å². The van der Waals surface area contributed by atoms with E-state index in [9.17, 15) is 24.3 Å². The van der Waals surface area contributed by atoms with Crippen molar-refractivity contribution >= 4 is 60.9 Å². The van der Waals surface area contributed by atoms with E-state index in [1.807, 2.05) is 6.08 Å². The number of benzene rings is 2. The smallest absolute Gasteiger partial charge is 0.238 e. The quantitative estimate of drug-likeness (QED) is 0.284. The zero-order valence-electron chi connectivity index (χ0n) is 20.1. The van der Waals surface area contributed by atoms with Crippen LogP contribution >= 0.6 is 31.9 Å². The zero-order chi connectivity index (χ0) is 26.9. The van der Waals surface area contributed by atoms with Crippen LogP contribution in [-0.4, -0.2) is 35.6 Å². The summed E-state index contributed by atoms with van der Waals surface area (Å²) >= 11 is 6.61. The second-order valence-corrected chi connectivity index (χ2v) is 11.6. The highest BCUT2D eigenvalue weighted by Gasteiger charge is 2.57. The summed E-state index contributed by atoms with van der Waals surface area (Å²) in [6, 6.07) is 12.0. The highest BCUT2D eigenvalue weighted by molar-refractivity contribution is 9.12. The standard InChI is InChI=1S/C29H21Br2NO6/c1-38-22-4-2-3-16(27(22)35)23-15-9-10-17-24(18(15)11-19-25(23)21(33)12-20(31)26(19)34)29(37)32(28(17)36)14-7-5-13(30)6-8-14/h2-9,12,17-18,23-24,35H,10-11H2,1H3. The summed E-state index contributed by atoms with van der Waals surface area (Å²) in [7, 11) is 1.44. The van der Waals surface area contributed by atoms with E-state index in [1.54, 1.807) is 42.5 Å². The normalized spacial score (nSPS) is 26.6. The number of halogens is 2. The van der Waals surface area contributed by atoms with Crippen molar-refractivity contribution in [2.75, 3.05) is 12.0 Å². The summed E-state index contributed by atoms with van der Waals surface area (Å²) in [5.41, 5.74) is 2.28. The highest BCUT2D eigenvalue weighted by Crippen LogP contribution is 2.57. The molecule has 1 N–H and O–H groups in total. The Morgan fingerprint density at radius 3 is 2.42 bits per heavy atom. The second-order valence-electron chi connectivity index (χ2n) is 9.78. The topological polar surface area (TPSA) is 101 Å². The molecule has 7 nitrogen and oxygen atoms in total. The first-order valence-electron chi connectivity index (χ1n) is 12.1. The minimum atomic E-state index is -0.752. The van der Waals surface area contributed by atoms with Gasteiger partial charge in [0.05, 0.1) is 29.1 Å². The molecular weight excluding hydrogens is 618 g/mol. The molecule has 0 saturated carbocycles. The molecule has 0 spiro atoms. The van der Waals surface area contributed by atoms with Crippen molar-refractivity contribution < 1.29 is 29.0 Å². The molecule has 1 aliphatic heterocycles. The third-order valence-electron chi connectivity index (χ3n) is 7.98. The molecule has 0 bridgehead atoms. The lowest BCUT2D eigenvalue weighted by Crippen LogP contribution is -2.39. The van der Waals surface area contributed by atoms with Crippen LogP contribution in [0.5, 0.6) is 11.5 Å². The lowest BCUT2D eigenvalue weighted by molar-refractivity contribution is -0.123. The Balaban J connectivity index is 1.51. The Kier molecular flexibility index (Phi) is 6.03. The van der Waals surface area contributed by atoms with E-state index >= 15 is 0 Å².